The van der Waals surface area contributed by atoms with Gasteiger partial charge in [-0.25, -0.2) is 8.42 Å². The highest BCUT2D eigenvalue weighted by atomic mass is 35.5. The van der Waals surface area contributed by atoms with E-state index in [9.17, 15) is 13.2 Å². The summed E-state index contributed by atoms with van der Waals surface area (Å²) in [7, 11) is -3.18. The molecule has 5 nitrogen and oxygen atoms in total. The van der Waals surface area contributed by atoms with Gasteiger partial charge in [-0.2, -0.15) is 0 Å². The van der Waals surface area contributed by atoms with Crippen LogP contribution in [-0.4, -0.2) is 43.4 Å². The lowest BCUT2D eigenvalue weighted by Crippen LogP contribution is -2.43. The Morgan fingerprint density at radius 1 is 1.00 bits per heavy atom. The molecule has 3 aromatic rings. The topological polar surface area (TPSA) is 63.7 Å². The summed E-state index contributed by atoms with van der Waals surface area (Å²) in [5, 5.41) is 1.77. The molecule has 1 aliphatic rings. The van der Waals surface area contributed by atoms with E-state index in [2.05, 4.69) is 0 Å². The Kier molecular flexibility index (Phi) is 8.20. The molecule has 0 aliphatic carbocycles. The lowest BCUT2D eigenvalue weighted by Gasteiger charge is -2.28. The summed E-state index contributed by atoms with van der Waals surface area (Å²) in [5.74, 6) is 0.306. The van der Waals surface area contributed by atoms with Crippen molar-refractivity contribution >= 4 is 50.5 Å². The molecule has 0 radical (unpaired) electrons. The van der Waals surface area contributed by atoms with E-state index in [-0.39, 0.29) is 30.6 Å². The van der Waals surface area contributed by atoms with Gasteiger partial charge in [0.05, 0.1) is 11.5 Å². The second kappa shape index (κ2) is 11.0. The summed E-state index contributed by atoms with van der Waals surface area (Å²) in [4.78, 5) is 14.9. The SMILES string of the molecule is Cc1cc(OCC(=O)N(Cc2ccc(-c3ccc(Cl)cc3Cl)cc2)C2CCS(=O)(=O)C2)cc(C)c1Cl. The molecule has 0 saturated carbocycles. The summed E-state index contributed by atoms with van der Waals surface area (Å²) >= 11 is 18.6. The van der Waals surface area contributed by atoms with E-state index in [4.69, 9.17) is 39.5 Å². The first-order valence-corrected chi connectivity index (χ1v) is 14.4. The van der Waals surface area contributed by atoms with Gasteiger partial charge in [0.15, 0.2) is 16.4 Å². The molecule has 1 saturated heterocycles. The van der Waals surface area contributed by atoms with Gasteiger partial charge in [0.25, 0.3) is 5.91 Å². The predicted octanol–water partition coefficient (Wildman–Crippen LogP) is 6.53. The van der Waals surface area contributed by atoms with Crippen molar-refractivity contribution in [2.24, 2.45) is 0 Å². The van der Waals surface area contributed by atoms with E-state index < -0.39 is 15.9 Å². The Hall–Kier alpha value is -2.25. The van der Waals surface area contributed by atoms with Crippen LogP contribution in [0.3, 0.4) is 0 Å². The third-order valence-electron chi connectivity index (χ3n) is 6.29. The smallest absolute Gasteiger partial charge is 0.261 e. The third kappa shape index (κ3) is 6.35. The monoisotopic (exact) mass is 565 g/mol. The van der Waals surface area contributed by atoms with Gasteiger partial charge in [0.1, 0.15) is 5.75 Å². The van der Waals surface area contributed by atoms with Crippen LogP contribution in [0.25, 0.3) is 11.1 Å². The van der Waals surface area contributed by atoms with Gasteiger partial charge in [-0.1, -0.05) is 65.1 Å². The molecule has 1 atom stereocenters. The summed E-state index contributed by atoms with van der Waals surface area (Å²) in [5.41, 5.74) is 4.36. The van der Waals surface area contributed by atoms with Gasteiger partial charge in [-0.15, -0.1) is 0 Å². The molecule has 9 heteroatoms. The number of benzene rings is 3. The van der Waals surface area contributed by atoms with Crippen molar-refractivity contribution in [1.29, 1.82) is 0 Å². The number of amides is 1. The molecule has 4 rings (SSSR count). The molecule has 1 amide bonds. The van der Waals surface area contributed by atoms with Crippen molar-refractivity contribution in [2.75, 3.05) is 18.1 Å². The number of rotatable bonds is 7. The van der Waals surface area contributed by atoms with Gasteiger partial charge in [0.2, 0.25) is 0 Å². The molecule has 1 fully saturated rings. The van der Waals surface area contributed by atoms with Gasteiger partial charge >= 0.3 is 0 Å². The second-order valence-electron chi connectivity index (χ2n) is 9.06. The second-order valence-corrected chi connectivity index (χ2v) is 12.5. The first-order chi connectivity index (χ1) is 17.0. The van der Waals surface area contributed by atoms with Crippen molar-refractivity contribution in [3.8, 4) is 16.9 Å². The quantitative estimate of drug-likeness (QED) is 0.326. The van der Waals surface area contributed by atoms with Gasteiger partial charge in [-0.3, -0.25) is 4.79 Å². The lowest BCUT2D eigenvalue weighted by atomic mass is 10.0. The van der Waals surface area contributed by atoms with Crippen molar-refractivity contribution < 1.29 is 17.9 Å². The fraction of sp³-hybridized carbons (Fsp3) is 0.296. The number of carbonyl (C=O) groups excluding carboxylic acids is 1. The first-order valence-electron chi connectivity index (χ1n) is 11.5. The largest absolute Gasteiger partial charge is 0.484 e. The number of aryl methyl sites for hydroxylation is 2. The molecule has 0 aromatic heterocycles. The van der Waals surface area contributed by atoms with Gasteiger partial charge < -0.3 is 9.64 Å². The number of halogens is 3. The van der Waals surface area contributed by atoms with E-state index in [0.717, 1.165) is 27.8 Å². The molecular weight excluding hydrogens is 541 g/mol. The molecule has 1 aliphatic heterocycles. The van der Waals surface area contributed by atoms with Crippen LogP contribution in [0.2, 0.25) is 15.1 Å². The number of hydrogen-bond acceptors (Lipinski definition) is 4. The maximum atomic E-state index is 13.3. The molecule has 36 heavy (non-hydrogen) atoms. The molecule has 1 heterocycles. The Balaban J connectivity index is 1.52. The average Bonchev–Trinajstić information content (AvgIpc) is 3.19. The van der Waals surface area contributed by atoms with Crippen LogP contribution in [0.1, 0.15) is 23.1 Å². The van der Waals surface area contributed by atoms with Crippen molar-refractivity contribution in [3.63, 3.8) is 0 Å². The van der Waals surface area contributed by atoms with Crippen molar-refractivity contribution in [3.05, 3.63) is 86.4 Å². The maximum Gasteiger partial charge on any atom is 0.261 e. The maximum absolute atomic E-state index is 13.3. The van der Waals surface area contributed by atoms with E-state index in [0.29, 0.717) is 27.2 Å². The van der Waals surface area contributed by atoms with Crippen LogP contribution >= 0.6 is 34.8 Å². The van der Waals surface area contributed by atoms with Crippen molar-refractivity contribution in [2.45, 2.75) is 32.9 Å². The van der Waals surface area contributed by atoms with Crippen LogP contribution in [0.15, 0.2) is 54.6 Å². The van der Waals surface area contributed by atoms with E-state index >= 15 is 0 Å². The third-order valence-corrected chi connectivity index (χ3v) is 9.19. The molecule has 0 bridgehead atoms. The van der Waals surface area contributed by atoms with Gasteiger partial charge in [0, 0.05) is 33.2 Å². The number of sulfone groups is 1. The predicted molar refractivity (Wildman–Crippen MR) is 146 cm³/mol. The Bertz CT molecular complexity index is 1370. The fourth-order valence-corrected chi connectivity index (χ4v) is 6.73. The van der Waals surface area contributed by atoms with Crippen LogP contribution in [-0.2, 0) is 21.2 Å². The highest BCUT2D eigenvalue weighted by Crippen LogP contribution is 2.31. The zero-order valence-electron chi connectivity index (χ0n) is 19.9. The highest BCUT2D eigenvalue weighted by molar-refractivity contribution is 7.91. The van der Waals surface area contributed by atoms with Gasteiger partial charge in [-0.05, 0) is 66.8 Å². The minimum absolute atomic E-state index is 0.0453. The van der Waals surface area contributed by atoms with Crippen LogP contribution < -0.4 is 4.74 Å². The average molecular weight is 567 g/mol. The van der Waals surface area contributed by atoms with Crippen LogP contribution in [0, 0.1) is 13.8 Å². The molecule has 3 aromatic carbocycles. The Morgan fingerprint density at radius 2 is 1.67 bits per heavy atom. The minimum Gasteiger partial charge on any atom is -0.484 e. The minimum atomic E-state index is -3.18. The zero-order valence-corrected chi connectivity index (χ0v) is 23.0. The van der Waals surface area contributed by atoms with E-state index in [1.54, 1.807) is 29.2 Å². The first kappa shape index (κ1) is 26.8. The fourth-order valence-electron chi connectivity index (χ4n) is 4.37. The summed E-state index contributed by atoms with van der Waals surface area (Å²) in [6.45, 7) is 3.83. The number of ether oxygens (including phenoxy) is 1. The number of nitrogens with zero attached hydrogens (tertiary/aromatic N) is 1. The van der Waals surface area contributed by atoms with Crippen molar-refractivity contribution in [1.82, 2.24) is 4.90 Å². The van der Waals surface area contributed by atoms with E-state index in [1.165, 1.54) is 0 Å². The lowest BCUT2D eigenvalue weighted by molar-refractivity contribution is -0.136. The van der Waals surface area contributed by atoms with Crippen LogP contribution in [0.4, 0.5) is 0 Å². The Labute approximate surface area is 226 Å². The number of carbonyl (C=O) groups is 1. The molecular formula is C27H26Cl3NO4S. The highest BCUT2D eigenvalue weighted by Gasteiger charge is 2.34. The molecule has 0 N–H and O–H groups in total. The molecule has 190 valence electrons. The summed E-state index contributed by atoms with van der Waals surface area (Å²) in [6, 6.07) is 16.2. The van der Waals surface area contributed by atoms with E-state index in [1.807, 2.05) is 44.2 Å². The van der Waals surface area contributed by atoms with Crippen LogP contribution in [0.5, 0.6) is 5.75 Å². The standard InChI is InChI=1S/C27H26Cl3NO4S/c1-17-11-23(12-18(2)27(17)30)35-15-26(32)31(22-9-10-36(33,34)16-22)14-19-3-5-20(6-4-19)24-8-7-21(28)13-25(24)29/h3-8,11-13,22H,9-10,14-16H2,1-2H3. The normalized spacial score (nSPS) is 16.6. The molecule has 0 spiro atoms. The molecule has 1 unspecified atom stereocenters. The zero-order chi connectivity index (χ0) is 26.0. The summed E-state index contributed by atoms with van der Waals surface area (Å²) in [6.07, 6.45) is 0.408. The number of hydrogen-bond donors (Lipinski definition) is 0. The summed E-state index contributed by atoms with van der Waals surface area (Å²) < 4.78 is 30.1. The Morgan fingerprint density at radius 3 is 2.25 bits per heavy atom.